The number of nitrogens with zero attached hydrogens (tertiary/aromatic N) is 4. The Morgan fingerprint density at radius 1 is 0.762 bits per heavy atom. The van der Waals surface area contributed by atoms with Crippen LogP contribution in [0.1, 0.15) is 35.0 Å². The molecule has 1 unspecified atom stereocenters. The van der Waals surface area contributed by atoms with Crippen LogP contribution in [0.3, 0.4) is 0 Å². The number of aliphatic hydroxyl groups excluding tert-OH is 4. The molecular weight excluding hydrogens is 842 g/mol. The van der Waals surface area contributed by atoms with Gasteiger partial charge in [0.15, 0.2) is 30.2 Å². The molecule has 0 saturated heterocycles. The Kier molecular flexibility index (Phi) is 22.1. The highest BCUT2D eigenvalue weighted by Crippen LogP contribution is 2.31. The first-order chi connectivity index (χ1) is 29.6. The monoisotopic (exact) mass is 909 g/mol. The molecule has 26 heteroatoms. The van der Waals surface area contributed by atoms with Gasteiger partial charge in [0, 0.05) is 54.7 Å². The van der Waals surface area contributed by atoms with E-state index < -0.39 is 121 Å². The normalized spacial score (nSPS) is 23.0. The third-order valence-corrected chi connectivity index (χ3v) is 9.87. The molecule has 0 radical (unpaired) electrons. The highest BCUT2D eigenvalue weighted by Gasteiger charge is 2.47. The summed E-state index contributed by atoms with van der Waals surface area (Å²) >= 11 is 0. The van der Waals surface area contributed by atoms with Crippen molar-refractivity contribution in [3.63, 3.8) is 0 Å². The molecule has 0 aromatic rings. The summed E-state index contributed by atoms with van der Waals surface area (Å²) in [4.78, 5) is 71.9. The number of nitrogens with two attached hydrogens (primary N) is 4. The molecule has 0 bridgehead atoms. The van der Waals surface area contributed by atoms with E-state index in [9.17, 15) is 54.6 Å². The maximum absolute atomic E-state index is 13.1. The Balaban J connectivity index is 0.0000205. The second-order valence-electron chi connectivity index (χ2n) is 15.0. The number of rotatable bonds is 25. The molecule has 63 heavy (non-hydrogen) atoms. The van der Waals surface area contributed by atoms with Crippen molar-refractivity contribution in [1.29, 1.82) is 0 Å². The highest BCUT2D eigenvalue weighted by atomic mass is 16.6. The van der Waals surface area contributed by atoms with Crippen LogP contribution in [-0.4, -0.2) is 204 Å². The van der Waals surface area contributed by atoms with E-state index in [1.807, 2.05) is 6.92 Å². The van der Waals surface area contributed by atoms with E-state index in [4.69, 9.17) is 51.4 Å². The van der Waals surface area contributed by atoms with Gasteiger partial charge >= 0.3 is 24.1 Å². The number of aliphatic imine (C=N–C) groups is 2. The van der Waals surface area contributed by atoms with Crippen LogP contribution in [0.2, 0.25) is 0 Å². The zero-order valence-corrected chi connectivity index (χ0v) is 35.8. The molecule has 26 nitrogen and oxygen atoms in total. The van der Waals surface area contributed by atoms with E-state index in [0.717, 1.165) is 17.9 Å². The minimum absolute atomic E-state index is 0. The lowest BCUT2D eigenvalue weighted by Crippen LogP contribution is -2.61. The van der Waals surface area contributed by atoms with E-state index in [1.54, 1.807) is 6.92 Å². The number of likely N-dealkylation sites (N-methyl/N-ethyl adjacent to an activating group) is 2. The quantitative estimate of drug-likeness (QED) is 0.0240. The van der Waals surface area contributed by atoms with Gasteiger partial charge in [0.2, 0.25) is 17.4 Å². The van der Waals surface area contributed by atoms with Gasteiger partial charge in [-0.1, -0.05) is 13.8 Å². The summed E-state index contributed by atoms with van der Waals surface area (Å²) in [5, 5.41) is 62.3. The molecule has 2 rings (SSSR count). The fourth-order valence-electron chi connectivity index (χ4n) is 6.26. The topological polar surface area (TPSA) is 409 Å². The zero-order valence-electron chi connectivity index (χ0n) is 35.8. The lowest BCUT2D eigenvalue weighted by Gasteiger charge is -2.40. The number of hydrogen-bond acceptors (Lipinski definition) is 17. The van der Waals surface area contributed by atoms with Gasteiger partial charge in [-0.05, 0) is 30.9 Å². The average molecular weight is 910 g/mol. The van der Waals surface area contributed by atoms with E-state index in [-0.39, 0.29) is 39.6 Å². The molecule has 2 aliphatic rings. The van der Waals surface area contributed by atoms with Crippen molar-refractivity contribution in [1.82, 2.24) is 15.1 Å². The van der Waals surface area contributed by atoms with Gasteiger partial charge in [0.25, 0.3) is 0 Å². The summed E-state index contributed by atoms with van der Waals surface area (Å²) in [5.41, 5.74) is 22.0. The van der Waals surface area contributed by atoms with E-state index in [1.165, 1.54) is 25.1 Å². The number of carboxylic acid groups (broad SMARTS) is 2. The Bertz CT molecular complexity index is 1670. The first-order valence-corrected chi connectivity index (χ1v) is 19.9. The van der Waals surface area contributed by atoms with Crippen LogP contribution >= 0.6 is 0 Å². The first-order valence-electron chi connectivity index (χ1n) is 19.9. The lowest BCUT2D eigenvalue weighted by atomic mass is 9.87. The van der Waals surface area contributed by atoms with Crippen molar-refractivity contribution < 1.29 is 84.5 Å². The second kappa shape index (κ2) is 26.1. The minimum Gasteiger partial charge on any atom is -0.479 e. The molecule has 3 amide bonds. The Labute approximate surface area is 364 Å². The van der Waals surface area contributed by atoms with Crippen LogP contribution in [0.5, 0.6) is 0 Å². The molecule has 0 spiro atoms. The molecule has 11 atom stereocenters. The summed E-state index contributed by atoms with van der Waals surface area (Å²) in [6, 6.07) is -3.33. The van der Waals surface area contributed by atoms with Crippen LogP contribution in [0.25, 0.3) is 0 Å². The van der Waals surface area contributed by atoms with Gasteiger partial charge in [-0.25, -0.2) is 29.2 Å². The van der Waals surface area contributed by atoms with Crippen molar-refractivity contribution in [3.05, 3.63) is 23.7 Å². The number of carboxylic acids is 2. The van der Waals surface area contributed by atoms with Crippen molar-refractivity contribution >= 4 is 42.0 Å². The molecule has 0 saturated carbocycles. The van der Waals surface area contributed by atoms with Gasteiger partial charge in [0.1, 0.15) is 18.3 Å². The fraction of sp³-hybridized carbons (Fsp3) is 0.703. The summed E-state index contributed by atoms with van der Waals surface area (Å²) < 4.78 is 33.4. The zero-order chi connectivity index (χ0) is 47.6. The van der Waals surface area contributed by atoms with Crippen LogP contribution in [-0.2, 0) is 42.8 Å². The molecular formula is C37H65N9O17. The van der Waals surface area contributed by atoms with Gasteiger partial charge in [-0.2, -0.15) is 0 Å². The maximum atomic E-state index is 13.1. The average Bonchev–Trinajstić information content (AvgIpc) is 3.21. The molecule has 360 valence electrons. The SMILES string of the molecule is CC(=O)N[C@H]1[C@H]([C@H](OC(=O)N(C)CCOCCC(C)CCOCCN(C)C(=O)O[C@@H]([C@@H]2OC(C(=O)O)=C[C@H](N=C(N)N)[C@H]2C)[C@H](O)CO)[C@H](O)CO)OC(C(=O)O)=C[C@@H]1N=C(N)N.[3HH]. The molecule has 2 aliphatic heterocycles. The smallest absolute Gasteiger partial charge is 0.410 e. The van der Waals surface area contributed by atoms with Gasteiger partial charge in [0.05, 0.1) is 44.6 Å². The summed E-state index contributed by atoms with van der Waals surface area (Å²) in [5.74, 6) is -6.07. The van der Waals surface area contributed by atoms with Crippen molar-refractivity contribution in [2.45, 2.75) is 88.4 Å². The number of amides is 3. The molecule has 0 aliphatic carbocycles. The van der Waals surface area contributed by atoms with Crippen LogP contribution in [0.4, 0.5) is 9.59 Å². The van der Waals surface area contributed by atoms with Gasteiger partial charge in [-0.15, -0.1) is 0 Å². The number of nitrogens with one attached hydrogen (secondary N) is 1. The number of carbonyl (C=O) groups excluding carboxylic acids is 3. The Hall–Kier alpha value is -5.67. The molecule has 15 N–H and O–H groups in total. The second-order valence-corrected chi connectivity index (χ2v) is 15.0. The van der Waals surface area contributed by atoms with E-state index >= 15 is 0 Å². The highest BCUT2D eigenvalue weighted by molar-refractivity contribution is 5.86. The van der Waals surface area contributed by atoms with Crippen molar-refractivity contribution in [2.24, 2.45) is 44.8 Å². The van der Waals surface area contributed by atoms with E-state index in [2.05, 4.69) is 15.3 Å². The number of hydrogen-bond donors (Lipinski definition) is 11. The van der Waals surface area contributed by atoms with Crippen molar-refractivity contribution in [3.8, 4) is 0 Å². The van der Waals surface area contributed by atoms with Crippen LogP contribution in [0, 0.1) is 11.8 Å². The van der Waals surface area contributed by atoms with Crippen LogP contribution < -0.4 is 28.3 Å². The van der Waals surface area contributed by atoms with Gasteiger partial charge < -0.3 is 97.1 Å². The molecule has 0 aromatic carbocycles. The summed E-state index contributed by atoms with van der Waals surface area (Å²) in [7, 11) is 2.80. The number of guanidine groups is 2. The third kappa shape index (κ3) is 17.2. The molecule has 2 heterocycles. The summed E-state index contributed by atoms with van der Waals surface area (Å²) in [6.45, 7) is 3.92. The fourth-order valence-corrected chi connectivity index (χ4v) is 6.26. The maximum Gasteiger partial charge on any atom is 0.410 e. The number of carbonyl (C=O) groups is 5. The lowest BCUT2D eigenvalue weighted by molar-refractivity contribution is -0.148. The Morgan fingerprint density at radius 3 is 1.59 bits per heavy atom. The number of ether oxygens (including phenoxy) is 6. The molecule has 0 fully saturated rings. The third-order valence-electron chi connectivity index (χ3n) is 9.87. The minimum atomic E-state index is -1.78. The number of aliphatic carboxylic acids is 2. The number of aliphatic hydroxyl groups is 4. The largest absolute Gasteiger partial charge is 0.479 e. The van der Waals surface area contributed by atoms with Crippen LogP contribution in [0.15, 0.2) is 33.7 Å². The van der Waals surface area contributed by atoms with Crippen molar-refractivity contribution in [2.75, 3.05) is 66.8 Å². The predicted octanol–water partition coefficient (Wildman–Crippen LogP) is -3.58. The predicted molar refractivity (Wildman–Crippen MR) is 221 cm³/mol. The first kappa shape index (κ1) is 53.5. The standard InChI is InChI=1S/C37H63N9O17.H2/c1-18(6-10-58-12-8-45(4)36(56)62-29(23(50)16-47)28-19(2)21(43-34(38)39)14-25(60-28)32(52)53)7-11-59-13-9-46(5)37(57)63-30(24(51)17-48)31-27(42-20(3)49)22(44-35(40)41)15-26(61-31)33(54)55;/h14-15,18-19,21-24,27-31,47-48,50-51H,6-13,16-17H2,1-5H3,(H,42,49)(H,52,53)(H,54,55)(H4,38,39,43)(H4,40,41,44);1H/t18?,19-,21+,22+,23-,24-,27-,28-,29-,30-,31-;/m1./s1/i;1+2. The molecule has 0 aromatic heterocycles. The van der Waals surface area contributed by atoms with E-state index in [0.29, 0.717) is 26.1 Å². The van der Waals surface area contributed by atoms with Gasteiger partial charge in [-0.3, -0.25) is 4.79 Å². The Morgan fingerprint density at radius 2 is 1.17 bits per heavy atom. The summed E-state index contributed by atoms with van der Waals surface area (Å²) in [6.07, 6.45) is -7.84.